The standard InChI is InChI=1S/C10H20N2O2.ClH/c1-3-14-9(13)6-12-5-4-10(2,7-11)8-12;/h3-8,11H2,1-2H3;1H. The molecule has 1 heterocycles. The largest absolute Gasteiger partial charge is 0.465 e. The number of carbonyl (C=O) groups excluding carboxylic acids is 1. The molecule has 0 amide bonds. The van der Waals surface area contributed by atoms with E-state index >= 15 is 0 Å². The molecule has 0 aromatic carbocycles. The number of hydrogen-bond acceptors (Lipinski definition) is 4. The molecule has 1 saturated heterocycles. The number of halogens is 1. The van der Waals surface area contributed by atoms with Crippen molar-refractivity contribution < 1.29 is 9.53 Å². The van der Waals surface area contributed by atoms with Crippen molar-refractivity contribution in [1.29, 1.82) is 0 Å². The highest BCUT2D eigenvalue weighted by atomic mass is 35.5. The Morgan fingerprint density at radius 2 is 2.27 bits per heavy atom. The third-order valence-corrected chi connectivity index (χ3v) is 2.79. The zero-order valence-corrected chi connectivity index (χ0v) is 10.3. The SMILES string of the molecule is CCOC(=O)CN1CCC(C)(CN)C1.Cl. The van der Waals surface area contributed by atoms with E-state index in [1.807, 2.05) is 6.92 Å². The van der Waals surface area contributed by atoms with Gasteiger partial charge in [0, 0.05) is 6.54 Å². The van der Waals surface area contributed by atoms with Crippen molar-refractivity contribution in [3.05, 3.63) is 0 Å². The molecule has 0 bridgehead atoms. The predicted octanol–water partition coefficient (Wildman–Crippen LogP) is 0.642. The Kier molecular flexibility index (Phi) is 6.17. The van der Waals surface area contributed by atoms with E-state index < -0.39 is 0 Å². The van der Waals surface area contributed by atoms with Gasteiger partial charge in [-0.3, -0.25) is 9.69 Å². The van der Waals surface area contributed by atoms with E-state index in [4.69, 9.17) is 10.5 Å². The third kappa shape index (κ3) is 4.36. The van der Waals surface area contributed by atoms with Crippen molar-refractivity contribution in [1.82, 2.24) is 4.90 Å². The topological polar surface area (TPSA) is 55.6 Å². The highest BCUT2D eigenvalue weighted by molar-refractivity contribution is 5.85. The Hall–Kier alpha value is -0.320. The van der Waals surface area contributed by atoms with Gasteiger partial charge in [0.25, 0.3) is 0 Å². The Balaban J connectivity index is 0.00000196. The normalized spacial score (nSPS) is 26.1. The fraction of sp³-hybridized carbons (Fsp3) is 0.900. The third-order valence-electron chi connectivity index (χ3n) is 2.79. The zero-order valence-electron chi connectivity index (χ0n) is 9.49. The van der Waals surface area contributed by atoms with Crippen LogP contribution in [0.3, 0.4) is 0 Å². The van der Waals surface area contributed by atoms with Crippen LogP contribution in [0.15, 0.2) is 0 Å². The highest BCUT2D eigenvalue weighted by Gasteiger charge is 2.33. The molecule has 1 aliphatic heterocycles. The van der Waals surface area contributed by atoms with Crippen LogP contribution in [0, 0.1) is 5.41 Å². The van der Waals surface area contributed by atoms with Crippen LogP contribution in [0.5, 0.6) is 0 Å². The van der Waals surface area contributed by atoms with E-state index in [2.05, 4.69) is 11.8 Å². The molecule has 0 spiro atoms. The molecule has 0 aromatic heterocycles. The first-order valence-corrected chi connectivity index (χ1v) is 5.18. The van der Waals surface area contributed by atoms with E-state index in [1.54, 1.807) is 0 Å². The van der Waals surface area contributed by atoms with Crippen molar-refractivity contribution in [2.75, 3.05) is 32.8 Å². The molecule has 0 aromatic rings. The number of esters is 1. The molecule has 1 aliphatic rings. The van der Waals surface area contributed by atoms with E-state index in [-0.39, 0.29) is 23.8 Å². The zero-order chi connectivity index (χ0) is 10.6. The van der Waals surface area contributed by atoms with Gasteiger partial charge in [-0.1, -0.05) is 6.92 Å². The fourth-order valence-electron chi connectivity index (χ4n) is 1.82. The predicted molar refractivity (Wildman–Crippen MR) is 62.1 cm³/mol. The van der Waals surface area contributed by atoms with Gasteiger partial charge in [0.05, 0.1) is 13.2 Å². The van der Waals surface area contributed by atoms with E-state index in [0.29, 0.717) is 19.7 Å². The van der Waals surface area contributed by atoms with Gasteiger partial charge in [-0.2, -0.15) is 0 Å². The fourth-order valence-corrected chi connectivity index (χ4v) is 1.82. The summed E-state index contributed by atoms with van der Waals surface area (Å²) in [7, 11) is 0. The summed E-state index contributed by atoms with van der Waals surface area (Å²) in [5, 5.41) is 0. The average Bonchev–Trinajstić information content (AvgIpc) is 2.49. The Bertz CT molecular complexity index is 214. The molecule has 5 heteroatoms. The number of rotatable bonds is 4. The van der Waals surface area contributed by atoms with Crippen LogP contribution >= 0.6 is 12.4 Å². The summed E-state index contributed by atoms with van der Waals surface area (Å²) in [6.45, 7) is 7.40. The lowest BCUT2D eigenvalue weighted by Crippen LogP contribution is -2.34. The first-order valence-electron chi connectivity index (χ1n) is 5.18. The molecule has 0 radical (unpaired) electrons. The van der Waals surface area contributed by atoms with Gasteiger partial charge >= 0.3 is 5.97 Å². The van der Waals surface area contributed by atoms with Crippen LogP contribution in [0.1, 0.15) is 20.3 Å². The van der Waals surface area contributed by atoms with Crippen molar-refractivity contribution >= 4 is 18.4 Å². The molecule has 4 nitrogen and oxygen atoms in total. The second-order valence-corrected chi connectivity index (χ2v) is 4.28. The lowest BCUT2D eigenvalue weighted by Gasteiger charge is -2.21. The van der Waals surface area contributed by atoms with Crippen molar-refractivity contribution in [2.45, 2.75) is 20.3 Å². The van der Waals surface area contributed by atoms with E-state index in [1.165, 1.54) is 0 Å². The van der Waals surface area contributed by atoms with E-state index in [9.17, 15) is 4.79 Å². The molecular formula is C10H21ClN2O2. The van der Waals surface area contributed by atoms with Gasteiger partial charge in [-0.25, -0.2) is 0 Å². The molecule has 0 saturated carbocycles. The van der Waals surface area contributed by atoms with Gasteiger partial charge in [0.2, 0.25) is 0 Å². The monoisotopic (exact) mass is 236 g/mol. The minimum absolute atomic E-state index is 0. The summed E-state index contributed by atoms with van der Waals surface area (Å²) in [5.41, 5.74) is 5.86. The van der Waals surface area contributed by atoms with Crippen LogP contribution in [0.25, 0.3) is 0 Å². The summed E-state index contributed by atoms with van der Waals surface area (Å²) in [6.07, 6.45) is 1.07. The molecule has 2 N–H and O–H groups in total. The average molecular weight is 237 g/mol. The molecule has 90 valence electrons. The van der Waals surface area contributed by atoms with Crippen molar-refractivity contribution in [2.24, 2.45) is 11.1 Å². The first kappa shape index (κ1) is 14.7. The molecule has 1 unspecified atom stereocenters. The van der Waals surface area contributed by atoms with Crippen LogP contribution in [0.4, 0.5) is 0 Å². The van der Waals surface area contributed by atoms with Crippen molar-refractivity contribution in [3.8, 4) is 0 Å². The summed E-state index contributed by atoms with van der Waals surface area (Å²) < 4.78 is 4.89. The van der Waals surface area contributed by atoms with Crippen LogP contribution in [-0.4, -0.2) is 43.7 Å². The quantitative estimate of drug-likeness (QED) is 0.728. The molecule has 15 heavy (non-hydrogen) atoms. The first-order chi connectivity index (χ1) is 6.59. The molecule has 1 rings (SSSR count). The molecule has 1 fully saturated rings. The number of nitrogens with zero attached hydrogens (tertiary/aromatic N) is 1. The lowest BCUT2D eigenvalue weighted by molar-refractivity contribution is -0.144. The minimum atomic E-state index is -0.131. The van der Waals surface area contributed by atoms with Gasteiger partial charge in [0.15, 0.2) is 0 Å². The summed E-state index contributed by atoms with van der Waals surface area (Å²) >= 11 is 0. The number of carbonyl (C=O) groups is 1. The molecular weight excluding hydrogens is 216 g/mol. The number of nitrogens with two attached hydrogens (primary N) is 1. The number of hydrogen-bond donors (Lipinski definition) is 1. The van der Waals surface area contributed by atoms with E-state index in [0.717, 1.165) is 19.5 Å². The maximum Gasteiger partial charge on any atom is 0.320 e. The Labute approximate surface area is 97.5 Å². The number of ether oxygens (including phenoxy) is 1. The van der Waals surface area contributed by atoms with Gasteiger partial charge in [0.1, 0.15) is 0 Å². The van der Waals surface area contributed by atoms with Crippen LogP contribution < -0.4 is 5.73 Å². The minimum Gasteiger partial charge on any atom is -0.465 e. The summed E-state index contributed by atoms with van der Waals surface area (Å²) in [4.78, 5) is 13.3. The smallest absolute Gasteiger partial charge is 0.320 e. The summed E-state index contributed by atoms with van der Waals surface area (Å²) in [5.74, 6) is -0.131. The summed E-state index contributed by atoms with van der Waals surface area (Å²) in [6, 6.07) is 0. The van der Waals surface area contributed by atoms with Gasteiger partial charge < -0.3 is 10.5 Å². The lowest BCUT2D eigenvalue weighted by atomic mass is 9.90. The van der Waals surface area contributed by atoms with Crippen LogP contribution in [0.2, 0.25) is 0 Å². The Morgan fingerprint density at radius 3 is 2.73 bits per heavy atom. The highest BCUT2D eigenvalue weighted by Crippen LogP contribution is 2.27. The second kappa shape index (κ2) is 6.30. The molecule has 1 atom stereocenters. The Morgan fingerprint density at radius 1 is 1.60 bits per heavy atom. The van der Waals surface area contributed by atoms with Gasteiger partial charge in [-0.05, 0) is 31.8 Å². The second-order valence-electron chi connectivity index (χ2n) is 4.28. The van der Waals surface area contributed by atoms with Crippen molar-refractivity contribution in [3.63, 3.8) is 0 Å². The van der Waals surface area contributed by atoms with Crippen LogP contribution in [-0.2, 0) is 9.53 Å². The molecule has 0 aliphatic carbocycles. The van der Waals surface area contributed by atoms with Gasteiger partial charge in [-0.15, -0.1) is 12.4 Å². The maximum absolute atomic E-state index is 11.2. The maximum atomic E-state index is 11.2. The number of likely N-dealkylation sites (tertiary alicyclic amines) is 1.